The van der Waals surface area contributed by atoms with E-state index in [-0.39, 0.29) is 18.8 Å². The van der Waals surface area contributed by atoms with Gasteiger partial charge in [0.25, 0.3) is 0 Å². The van der Waals surface area contributed by atoms with Crippen LogP contribution in [0.5, 0.6) is 5.75 Å². The Morgan fingerprint density at radius 3 is 2.89 bits per heavy atom. The minimum absolute atomic E-state index is 0.00657. The second kappa shape index (κ2) is 4.75. The van der Waals surface area contributed by atoms with Crippen molar-refractivity contribution in [2.75, 3.05) is 13.2 Å². The van der Waals surface area contributed by atoms with Crippen molar-refractivity contribution < 1.29 is 13.5 Å². The van der Waals surface area contributed by atoms with Crippen molar-refractivity contribution in [1.29, 1.82) is 0 Å². The van der Waals surface area contributed by atoms with Crippen LogP contribution in [0.15, 0.2) is 12.1 Å². The summed E-state index contributed by atoms with van der Waals surface area (Å²) in [7, 11) is 0. The van der Waals surface area contributed by atoms with Crippen molar-refractivity contribution in [1.82, 2.24) is 5.32 Å². The first-order chi connectivity index (χ1) is 9.05. The predicted molar refractivity (Wildman–Crippen MR) is 69.8 cm³/mol. The summed E-state index contributed by atoms with van der Waals surface area (Å²) in [4.78, 5) is 0. The van der Waals surface area contributed by atoms with E-state index in [2.05, 4.69) is 18.3 Å². The molecule has 0 unspecified atom stereocenters. The number of benzene rings is 1. The van der Waals surface area contributed by atoms with E-state index in [0.29, 0.717) is 6.61 Å². The highest BCUT2D eigenvalue weighted by molar-refractivity contribution is 5.45. The molecule has 104 valence electrons. The zero-order valence-corrected chi connectivity index (χ0v) is 11.1. The summed E-state index contributed by atoms with van der Waals surface area (Å²) in [6, 6.07) is 4.05. The lowest BCUT2D eigenvalue weighted by Crippen LogP contribution is -2.38. The zero-order chi connectivity index (χ0) is 13.5. The van der Waals surface area contributed by atoms with Gasteiger partial charge in [-0.1, -0.05) is 6.07 Å². The maximum absolute atomic E-state index is 12.8. The summed E-state index contributed by atoms with van der Waals surface area (Å²) in [5, 5.41) is 3.34. The van der Waals surface area contributed by atoms with E-state index in [1.165, 1.54) is 16.7 Å². The first-order valence-electron chi connectivity index (χ1n) is 6.88. The standard InChI is InChI=1S/C15H19F2NO/c1-10-13-4-5-18-8-12(13)2-3-14(10)19-9-11-6-15(16,17)7-11/h2-3,11,18H,4-9H2,1H3. The van der Waals surface area contributed by atoms with Crippen molar-refractivity contribution in [3.05, 3.63) is 28.8 Å². The molecule has 1 heterocycles. The quantitative estimate of drug-likeness (QED) is 0.908. The Bertz CT molecular complexity index is 479. The highest BCUT2D eigenvalue weighted by atomic mass is 19.3. The van der Waals surface area contributed by atoms with Gasteiger partial charge in [-0.3, -0.25) is 0 Å². The summed E-state index contributed by atoms with van der Waals surface area (Å²) >= 11 is 0. The third kappa shape index (κ3) is 2.59. The third-order valence-corrected chi connectivity index (χ3v) is 4.16. The van der Waals surface area contributed by atoms with Gasteiger partial charge >= 0.3 is 0 Å². The largest absolute Gasteiger partial charge is 0.493 e. The predicted octanol–water partition coefficient (Wildman–Crippen LogP) is 3.06. The van der Waals surface area contributed by atoms with E-state index in [4.69, 9.17) is 4.74 Å². The topological polar surface area (TPSA) is 21.3 Å². The van der Waals surface area contributed by atoms with Crippen LogP contribution in [0.3, 0.4) is 0 Å². The average Bonchev–Trinajstić information content (AvgIpc) is 2.36. The summed E-state index contributed by atoms with van der Waals surface area (Å²) in [6.07, 6.45) is 0.960. The third-order valence-electron chi connectivity index (χ3n) is 4.16. The Labute approximate surface area is 112 Å². The van der Waals surface area contributed by atoms with Crippen LogP contribution in [0.2, 0.25) is 0 Å². The van der Waals surface area contributed by atoms with E-state index >= 15 is 0 Å². The molecule has 0 atom stereocenters. The van der Waals surface area contributed by atoms with Gasteiger partial charge in [-0.2, -0.15) is 0 Å². The summed E-state index contributed by atoms with van der Waals surface area (Å²) in [5.74, 6) is -1.59. The SMILES string of the molecule is Cc1c(OCC2CC(F)(F)C2)ccc2c1CCNC2. The van der Waals surface area contributed by atoms with Gasteiger partial charge in [0.2, 0.25) is 5.92 Å². The van der Waals surface area contributed by atoms with Gasteiger partial charge in [-0.05, 0) is 42.6 Å². The van der Waals surface area contributed by atoms with Gasteiger partial charge < -0.3 is 10.1 Å². The number of hydrogen-bond donors (Lipinski definition) is 1. The Morgan fingerprint density at radius 2 is 2.16 bits per heavy atom. The van der Waals surface area contributed by atoms with Crippen LogP contribution in [-0.2, 0) is 13.0 Å². The number of ether oxygens (including phenoxy) is 1. The molecule has 1 aromatic carbocycles. The molecule has 0 bridgehead atoms. The molecule has 0 aromatic heterocycles. The molecule has 2 nitrogen and oxygen atoms in total. The molecule has 19 heavy (non-hydrogen) atoms. The molecule has 0 radical (unpaired) electrons. The number of halogens is 2. The van der Waals surface area contributed by atoms with Crippen LogP contribution >= 0.6 is 0 Å². The Balaban J connectivity index is 1.65. The zero-order valence-electron chi connectivity index (χ0n) is 11.1. The van der Waals surface area contributed by atoms with Crippen molar-refractivity contribution >= 4 is 0 Å². The number of hydrogen-bond acceptors (Lipinski definition) is 2. The molecular formula is C15H19F2NO. The van der Waals surface area contributed by atoms with E-state index in [1.54, 1.807) is 0 Å². The molecule has 1 aromatic rings. The number of alkyl halides is 2. The van der Waals surface area contributed by atoms with E-state index in [9.17, 15) is 8.78 Å². The summed E-state index contributed by atoms with van der Waals surface area (Å²) < 4.78 is 31.3. The van der Waals surface area contributed by atoms with Gasteiger partial charge in [0.1, 0.15) is 5.75 Å². The minimum atomic E-state index is -2.45. The molecule has 1 fully saturated rings. The second-order valence-corrected chi connectivity index (χ2v) is 5.69. The molecule has 4 heteroatoms. The maximum atomic E-state index is 12.8. The maximum Gasteiger partial charge on any atom is 0.248 e. The van der Waals surface area contributed by atoms with Crippen molar-refractivity contribution in [3.8, 4) is 5.75 Å². The number of rotatable bonds is 3. The highest BCUT2D eigenvalue weighted by Crippen LogP contribution is 2.42. The molecular weight excluding hydrogens is 248 g/mol. The number of nitrogens with one attached hydrogen (secondary N) is 1. The minimum Gasteiger partial charge on any atom is -0.493 e. The fourth-order valence-electron chi connectivity index (χ4n) is 3.01. The molecule has 3 rings (SSSR count). The van der Waals surface area contributed by atoms with Gasteiger partial charge in [0.15, 0.2) is 0 Å². The molecule has 0 spiro atoms. The lowest BCUT2D eigenvalue weighted by molar-refractivity contribution is -0.119. The summed E-state index contributed by atoms with van der Waals surface area (Å²) in [6.45, 7) is 4.37. The fraction of sp³-hybridized carbons (Fsp3) is 0.600. The van der Waals surface area contributed by atoms with Gasteiger partial charge in [0.05, 0.1) is 6.61 Å². The molecule has 1 N–H and O–H groups in total. The van der Waals surface area contributed by atoms with Crippen LogP contribution in [0, 0.1) is 12.8 Å². The molecule has 0 amide bonds. The van der Waals surface area contributed by atoms with Gasteiger partial charge in [-0.25, -0.2) is 8.78 Å². The monoisotopic (exact) mass is 267 g/mol. The lowest BCUT2D eigenvalue weighted by atomic mass is 9.82. The average molecular weight is 267 g/mol. The van der Waals surface area contributed by atoms with Crippen molar-refractivity contribution in [2.24, 2.45) is 5.92 Å². The van der Waals surface area contributed by atoms with Gasteiger partial charge in [-0.15, -0.1) is 0 Å². The van der Waals surface area contributed by atoms with E-state index in [0.717, 1.165) is 25.3 Å². The van der Waals surface area contributed by atoms with Crippen LogP contribution < -0.4 is 10.1 Å². The van der Waals surface area contributed by atoms with Crippen LogP contribution in [0.4, 0.5) is 8.78 Å². The first kappa shape index (κ1) is 12.9. The second-order valence-electron chi connectivity index (χ2n) is 5.69. The first-order valence-corrected chi connectivity index (χ1v) is 6.88. The normalized spacial score (nSPS) is 21.6. The van der Waals surface area contributed by atoms with Crippen molar-refractivity contribution in [3.63, 3.8) is 0 Å². The molecule has 1 saturated carbocycles. The van der Waals surface area contributed by atoms with Crippen LogP contribution in [0.1, 0.15) is 29.5 Å². The van der Waals surface area contributed by atoms with E-state index < -0.39 is 5.92 Å². The van der Waals surface area contributed by atoms with Crippen LogP contribution in [0.25, 0.3) is 0 Å². The lowest BCUT2D eigenvalue weighted by Gasteiger charge is -2.34. The van der Waals surface area contributed by atoms with Gasteiger partial charge in [0, 0.05) is 25.3 Å². The van der Waals surface area contributed by atoms with E-state index in [1.807, 2.05) is 6.07 Å². The highest BCUT2D eigenvalue weighted by Gasteiger charge is 2.45. The molecule has 0 saturated heterocycles. The Hall–Kier alpha value is -1.16. The van der Waals surface area contributed by atoms with Crippen molar-refractivity contribution in [2.45, 2.75) is 38.7 Å². The number of fused-ring (bicyclic) bond motifs is 1. The smallest absolute Gasteiger partial charge is 0.248 e. The molecule has 1 aliphatic heterocycles. The molecule has 2 aliphatic rings. The summed E-state index contributed by atoms with van der Waals surface area (Å²) in [5.41, 5.74) is 3.85. The van der Waals surface area contributed by atoms with Crippen LogP contribution in [-0.4, -0.2) is 19.1 Å². The Morgan fingerprint density at radius 1 is 1.37 bits per heavy atom. The molecule has 1 aliphatic carbocycles. The Kier molecular flexibility index (Phi) is 3.21. The fourth-order valence-corrected chi connectivity index (χ4v) is 3.01.